The van der Waals surface area contributed by atoms with Crippen molar-refractivity contribution in [3.05, 3.63) is 11.3 Å². The molecule has 3 aliphatic heterocycles. The third kappa shape index (κ3) is 2.38. The van der Waals surface area contributed by atoms with Gasteiger partial charge in [-0.15, -0.1) is 0 Å². The summed E-state index contributed by atoms with van der Waals surface area (Å²) < 4.78 is 29.0. The summed E-state index contributed by atoms with van der Waals surface area (Å²) in [5, 5.41) is 0. The van der Waals surface area contributed by atoms with Gasteiger partial charge in [-0.2, -0.15) is 0 Å². The Morgan fingerprint density at radius 2 is 1.79 bits per heavy atom. The van der Waals surface area contributed by atoms with E-state index in [4.69, 9.17) is 35.3 Å². The summed E-state index contributed by atoms with van der Waals surface area (Å²) in [6, 6.07) is 0. The van der Waals surface area contributed by atoms with Gasteiger partial charge in [0.2, 0.25) is 0 Å². The lowest BCUT2D eigenvalue weighted by molar-refractivity contribution is -0.187. The van der Waals surface area contributed by atoms with E-state index in [9.17, 15) is 0 Å². The van der Waals surface area contributed by atoms with Crippen molar-refractivity contribution in [1.82, 2.24) is 0 Å². The van der Waals surface area contributed by atoms with Crippen molar-refractivity contribution in [2.24, 2.45) is 0 Å². The normalized spacial score (nSPS) is 45.4. The van der Waals surface area contributed by atoms with E-state index in [1.165, 1.54) is 5.54 Å². The molecule has 6 heteroatoms. The summed E-state index contributed by atoms with van der Waals surface area (Å²) in [5.74, 6) is -0.640. The van der Waals surface area contributed by atoms with Crippen molar-refractivity contribution in [2.45, 2.75) is 63.7 Å². The molecule has 0 spiro atoms. The van der Waals surface area contributed by atoms with E-state index < -0.39 is 11.6 Å². The Kier molecular flexibility index (Phi) is 3.11. The second kappa shape index (κ2) is 4.33. The fourth-order valence-electron chi connectivity index (χ4n) is 2.79. The highest BCUT2D eigenvalue weighted by molar-refractivity contribution is 6.25. The van der Waals surface area contributed by atoms with Gasteiger partial charge >= 0.3 is 0 Å². The fraction of sp³-hybridized carbons (Fsp3) is 0.846. The van der Waals surface area contributed by atoms with Crippen LogP contribution in [0, 0.1) is 0 Å². The molecular weight excluding hydrogens is 272 g/mol. The van der Waals surface area contributed by atoms with E-state index in [-0.39, 0.29) is 24.4 Å². The molecule has 0 N–H and O–H groups in total. The van der Waals surface area contributed by atoms with Gasteiger partial charge in [-0.3, -0.25) is 0 Å². The zero-order valence-corrected chi connectivity index (χ0v) is 12.3. The van der Waals surface area contributed by atoms with Gasteiger partial charge < -0.3 is 23.7 Å². The van der Waals surface area contributed by atoms with Crippen molar-refractivity contribution in [2.75, 3.05) is 6.61 Å². The van der Waals surface area contributed by atoms with Crippen LogP contribution in [-0.4, -0.2) is 42.6 Å². The number of fused-ring (bicyclic) bond motifs is 1. The van der Waals surface area contributed by atoms with Gasteiger partial charge in [0.15, 0.2) is 17.7 Å². The van der Waals surface area contributed by atoms with Gasteiger partial charge in [-0.05, 0) is 27.7 Å². The zero-order valence-electron chi connectivity index (χ0n) is 11.5. The molecule has 108 valence electrons. The molecule has 0 bridgehead atoms. The Balaban J connectivity index is 1.80. The van der Waals surface area contributed by atoms with E-state index in [0.29, 0.717) is 12.4 Å². The van der Waals surface area contributed by atoms with Crippen LogP contribution in [0.4, 0.5) is 0 Å². The number of hydrogen-bond acceptors (Lipinski definition) is 5. The van der Waals surface area contributed by atoms with Crippen LogP contribution < -0.4 is 0 Å². The van der Waals surface area contributed by atoms with Gasteiger partial charge in [0.05, 0.1) is 6.61 Å². The molecule has 19 heavy (non-hydrogen) atoms. The van der Waals surface area contributed by atoms with Crippen LogP contribution in [0.1, 0.15) is 27.7 Å². The quantitative estimate of drug-likeness (QED) is 0.740. The molecular formula is C13H19ClO5. The van der Waals surface area contributed by atoms with Crippen molar-refractivity contribution in [1.29, 1.82) is 0 Å². The first-order chi connectivity index (χ1) is 8.81. The van der Waals surface area contributed by atoms with Crippen LogP contribution in [-0.2, 0) is 23.7 Å². The number of rotatable bonds is 1. The average Bonchev–Trinajstić information content (AvgIpc) is 2.89. The lowest BCUT2D eigenvalue weighted by Crippen LogP contribution is -2.40. The lowest BCUT2D eigenvalue weighted by atomic mass is 10.1. The predicted molar refractivity (Wildman–Crippen MR) is 67.5 cm³/mol. The molecule has 0 radical (unpaired) electrons. The Morgan fingerprint density at radius 3 is 2.37 bits per heavy atom. The molecule has 0 aromatic carbocycles. The molecule has 0 unspecified atom stereocenters. The molecule has 0 aromatic heterocycles. The topological polar surface area (TPSA) is 46.2 Å². The van der Waals surface area contributed by atoms with Gasteiger partial charge in [0, 0.05) is 5.54 Å². The van der Waals surface area contributed by atoms with Gasteiger partial charge in [-0.1, -0.05) is 11.6 Å². The summed E-state index contributed by atoms with van der Waals surface area (Å²) in [6.45, 7) is 8.00. The first kappa shape index (κ1) is 13.6. The van der Waals surface area contributed by atoms with E-state index in [1.807, 2.05) is 27.7 Å². The summed E-state index contributed by atoms with van der Waals surface area (Å²) in [7, 11) is 0. The highest BCUT2D eigenvalue weighted by Gasteiger charge is 2.57. The van der Waals surface area contributed by atoms with Crippen molar-refractivity contribution < 1.29 is 23.7 Å². The van der Waals surface area contributed by atoms with Crippen LogP contribution in [0.25, 0.3) is 0 Å². The first-order valence-electron chi connectivity index (χ1n) is 6.46. The first-order valence-corrected chi connectivity index (χ1v) is 6.89. The Morgan fingerprint density at radius 1 is 1.05 bits per heavy atom. The van der Waals surface area contributed by atoms with Gasteiger partial charge in [0.25, 0.3) is 0 Å². The van der Waals surface area contributed by atoms with Gasteiger partial charge in [-0.25, -0.2) is 0 Å². The number of ether oxygens (including phenoxy) is 5. The summed E-state index contributed by atoms with van der Waals surface area (Å²) in [5.41, 5.74) is 1.41. The molecule has 3 saturated heterocycles. The average molecular weight is 291 g/mol. The molecule has 0 aromatic rings. The fourth-order valence-corrected chi connectivity index (χ4v) is 2.97. The molecule has 0 aliphatic carbocycles. The van der Waals surface area contributed by atoms with Crippen LogP contribution in [0.3, 0.4) is 0 Å². The van der Waals surface area contributed by atoms with E-state index >= 15 is 0 Å². The Bertz CT molecular complexity index is 406. The smallest absolute Gasteiger partial charge is 0.164 e. The third-order valence-corrected chi connectivity index (χ3v) is 3.72. The molecule has 3 fully saturated rings. The standard InChI is InChI=1S/C13H19ClO5/c1-12(2)15-6-8(17-12)9-11-10(7(5-14)16-9)18-13(3,4)19-11/h5,8-11H,6H2,1-4H3/b7-5-/t8-,9-,10-,11+/m1/s1. The van der Waals surface area contributed by atoms with E-state index in [2.05, 4.69) is 0 Å². The Hall–Kier alpha value is -0.330. The molecule has 5 nitrogen and oxygen atoms in total. The van der Waals surface area contributed by atoms with Crippen LogP contribution in [0.2, 0.25) is 0 Å². The summed E-state index contributed by atoms with van der Waals surface area (Å²) in [4.78, 5) is 0. The van der Waals surface area contributed by atoms with Crippen LogP contribution in [0.5, 0.6) is 0 Å². The maximum atomic E-state index is 5.92. The van der Waals surface area contributed by atoms with Crippen LogP contribution >= 0.6 is 11.6 Å². The van der Waals surface area contributed by atoms with Crippen molar-refractivity contribution in [3.63, 3.8) is 0 Å². The molecule has 3 heterocycles. The zero-order chi connectivity index (χ0) is 13.8. The monoisotopic (exact) mass is 290 g/mol. The van der Waals surface area contributed by atoms with Crippen molar-refractivity contribution >= 4 is 11.6 Å². The van der Waals surface area contributed by atoms with E-state index in [1.54, 1.807) is 0 Å². The largest absolute Gasteiger partial charge is 0.485 e. The number of halogens is 1. The molecule has 3 rings (SSSR count). The number of hydrogen-bond donors (Lipinski definition) is 0. The maximum absolute atomic E-state index is 5.92. The molecule has 0 amide bonds. The van der Waals surface area contributed by atoms with Crippen molar-refractivity contribution in [3.8, 4) is 0 Å². The predicted octanol–water partition coefficient (Wildman–Crippen LogP) is 2.14. The molecule has 3 aliphatic rings. The SMILES string of the molecule is CC1(C)O[C@H]2[C@@H]([C@H]3COC(C)(C)O3)O/C(=C\Cl)[C@H]2O1. The second-order valence-corrected chi connectivity index (χ2v) is 6.20. The van der Waals surface area contributed by atoms with Crippen LogP contribution in [0.15, 0.2) is 11.3 Å². The molecule has 0 saturated carbocycles. The highest BCUT2D eigenvalue weighted by Crippen LogP contribution is 2.43. The second-order valence-electron chi connectivity index (χ2n) is 5.98. The minimum absolute atomic E-state index is 0.186. The lowest BCUT2D eigenvalue weighted by Gasteiger charge is -2.25. The maximum Gasteiger partial charge on any atom is 0.164 e. The molecule has 4 atom stereocenters. The van der Waals surface area contributed by atoms with Gasteiger partial charge in [0.1, 0.15) is 24.1 Å². The Labute approximate surface area is 117 Å². The summed E-state index contributed by atoms with van der Waals surface area (Å²) >= 11 is 5.80. The highest BCUT2D eigenvalue weighted by atomic mass is 35.5. The minimum atomic E-state index is -0.641. The van der Waals surface area contributed by atoms with E-state index in [0.717, 1.165) is 0 Å². The summed E-state index contributed by atoms with van der Waals surface area (Å²) in [6.07, 6.45) is -0.944. The third-order valence-electron chi connectivity index (χ3n) is 3.51. The minimum Gasteiger partial charge on any atom is -0.485 e.